The summed E-state index contributed by atoms with van der Waals surface area (Å²) in [5.41, 5.74) is 1.56. The van der Waals surface area contributed by atoms with Crippen LogP contribution in [0.1, 0.15) is 17.8 Å². The van der Waals surface area contributed by atoms with E-state index < -0.39 is 17.8 Å². The number of carbonyl (C=O) groups excluding carboxylic acids is 3. The highest BCUT2D eigenvalue weighted by atomic mass is 16.2. The van der Waals surface area contributed by atoms with E-state index in [0.717, 1.165) is 4.90 Å². The molecule has 0 spiro atoms. The zero-order chi connectivity index (χ0) is 11.9. The number of carbonyl (C=O) groups is 3. The van der Waals surface area contributed by atoms with Crippen LogP contribution >= 0.6 is 0 Å². The van der Waals surface area contributed by atoms with Gasteiger partial charge < -0.3 is 0 Å². The number of nitrogens with one attached hydrogen (secondary N) is 2. The highest BCUT2D eigenvalue weighted by molar-refractivity contribution is 6.26. The van der Waals surface area contributed by atoms with Gasteiger partial charge in [-0.1, -0.05) is 0 Å². The normalized spacial score (nSPS) is 16.6. The van der Waals surface area contributed by atoms with E-state index in [0.29, 0.717) is 17.1 Å². The molecule has 0 bridgehead atoms. The summed E-state index contributed by atoms with van der Waals surface area (Å²) in [5.74, 6) is -1.12. The Morgan fingerprint density at radius 1 is 1.25 bits per heavy atom. The Bertz CT molecular complexity index is 451. The molecule has 7 nitrogen and oxygen atoms in total. The first-order valence-electron chi connectivity index (χ1n) is 4.69. The molecule has 1 aliphatic heterocycles. The lowest BCUT2D eigenvalue weighted by Crippen LogP contribution is -2.53. The summed E-state index contributed by atoms with van der Waals surface area (Å²) in [6.07, 6.45) is -0.324. The number of aromatic amines is 1. The lowest BCUT2D eigenvalue weighted by atomic mass is 10.2. The number of imide groups is 2. The van der Waals surface area contributed by atoms with Gasteiger partial charge in [-0.25, -0.2) is 9.69 Å². The summed E-state index contributed by atoms with van der Waals surface area (Å²) < 4.78 is 0. The van der Waals surface area contributed by atoms with Crippen molar-refractivity contribution < 1.29 is 14.4 Å². The van der Waals surface area contributed by atoms with Gasteiger partial charge in [0.2, 0.25) is 11.8 Å². The first-order valence-corrected chi connectivity index (χ1v) is 4.69. The Labute approximate surface area is 90.8 Å². The van der Waals surface area contributed by atoms with E-state index >= 15 is 0 Å². The van der Waals surface area contributed by atoms with Crippen molar-refractivity contribution in [2.45, 2.75) is 20.3 Å². The number of aryl methyl sites for hydroxylation is 2. The van der Waals surface area contributed by atoms with Crippen LogP contribution in [0.25, 0.3) is 0 Å². The SMILES string of the molecule is Cc1n[nH]c(C)c1N1C(=O)CC(=O)NC1=O. The van der Waals surface area contributed by atoms with Gasteiger partial charge in [0.15, 0.2) is 0 Å². The van der Waals surface area contributed by atoms with Gasteiger partial charge in [0.25, 0.3) is 0 Å². The minimum atomic E-state index is -0.728. The van der Waals surface area contributed by atoms with E-state index in [1.807, 2.05) is 0 Å². The van der Waals surface area contributed by atoms with Crippen LogP contribution in [0.5, 0.6) is 0 Å². The molecule has 0 unspecified atom stereocenters. The molecule has 0 aromatic carbocycles. The lowest BCUT2D eigenvalue weighted by molar-refractivity contribution is -0.128. The number of anilines is 1. The smallest absolute Gasteiger partial charge is 0.280 e. The second-order valence-electron chi connectivity index (χ2n) is 3.54. The van der Waals surface area contributed by atoms with E-state index in [1.165, 1.54) is 0 Å². The minimum absolute atomic E-state index is 0.324. The quantitative estimate of drug-likeness (QED) is 0.654. The van der Waals surface area contributed by atoms with Crippen LogP contribution in [-0.4, -0.2) is 28.0 Å². The molecule has 2 heterocycles. The van der Waals surface area contributed by atoms with Crippen molar-refractivity contribution in [3.05, 3.63) is 11.4 Å². The number of urea groups is 1. The Hall–Kier alpha value is -2.18. The Balaban J connectivity index is 2.44. The molecule has 7 heteroatoms. The zero-order valence-corrected chi connectivity index (χ0v) is 8.83. The third-order valence-corrected chi connectivity index (χ3v) is 2.32. The number of amides is 4. The van der Waals surface area contributed by atoms with Gasteiger partial charge in [-0.3, -0.25) is 20.0 Å². The van der Waals surface area contributed by atoms with E-state index in [-0.39, 0.29) is 6.42 Å². The van der Waals surface area contributed by atoms with Crippen LogP contribution in [0.2, 0.25) is 0 Å². The topological polar surface area (TPSA) is 95.2 Å². The summed E-state index contributed by atoms with van der Waals surface area (Å²) in [7, 11) is 0. The number of aromatic nitrogens is 2. The summed E-state index contributed by atoms with van der Waals surface area (Å²) in [5, 5.41) is 8.66. The van der Waals surface area contributed by atoms with Gasteiger partial charge in [0.1, 0.15) is 6.42 Å². The van der Waals surface area contributed by atoms with Crippen molar-refractivity contribution in [1.82, 2.24) is 15.5 Å². The number of hydrogen-bond donors (Lipinski definition) is 2. The molecule has 1 aromatic rings. The first-order chi connectivity index (χ1) is 7.50. The highest BCUT2D eigenvalue weighted by Gasteiger charge is 2.34. The summed E-state index contributed by atoms with van der Waals surface area (Å²) in [6, 6.07) is -0.728. The van der Waals surface area contributed by atoms with E-state index in [4.69, 9.17) is 0 Å². The number of hydrogen-bond acceptors (Lipinski definition) is 4. The average Bonchev–Trinajstić information content (AvgIpc) is 2.47. The van der Waals surface area contributed by atoms with Crippen LogP contribution < -0.4 is 10.2 Å². The lowest BCUT2D eigenvalue weighted by Gasteiger charge is -2.24. The zero-order valence-electron chi connectivity index (χ0n) is 8.83. The molecule has 4 amide bonds. The Kier molecular flexibility index (Phi) is 2.22. The molecular weight excluding hydrogens is 212 g/mol. The average molecular weight is 222 g/mol. The van der Waals surface area contributed by atoms with Crippen molar-refractivity contribution in [1.29, 1.82) is 0 Å². The van der Waals surface area contributed by atoms with Gasteiger partial charge in [0, 0.05) is 0 Å². The minimum Gasteiger partial charge on any atom is -0.280 e. The molecule has 0 saturated carbocycles. The Morgan fingerprint density at radius 2 is 1.94 bits per heavy atom. The molecular formula is C9H10N4O3. The monoisotopic (exact) mass is 222 g/mol. The van der Waals surface area contributed by atoms with E-state index in [9.17, 15) is 14.4 Å². The van der Waals surface area contributed by atoms with Crippen LogP contribution in [0, 0.1) is 13.8 Å². The molecule has 0 atom stereocenters. The van der Waals surface area contributed by atoms with Gasteiger partial charge in [-0.2, -0.15) is 5.10 Å². The fraction of sp³-hybridized carbons (Fsp3) is 0.333. The molecule has 1 aromatic heterocycles. The maximum Gasteiger partial charge on any atom is 0.335 e. The highest BCUT2D eigenvalue weighted by Crippen LogP contribution is 2.24. The molecule has 1 fully saturated rings. The van der Waals surface area contributed by atoms with Gasteiger partial charge in [-0.05, 0) is 13.8 Å². The molecule has 16 heavy (non-hydrogen) atoms. The maximum atomic E-state index is 11.6. The summed E-state index contributed by atoms with van der Waals surface area (Å²) >= 11 is 0. The van der Waals surface area contributed by atoms with Crippen molar-refractivity contribution >= 4 is 23.5 Å². The number of barbiturate groups is 1. The standard InChI is InChI=1S/C9H10N4O3/c1-4-8(5(2)12-11-4)13-7(15)3-6(14)10-9(13)16/h3H2,1-2H3,(H,11,12)(H,10,14,16). The molecule has 2 rings (SSSR count). The molecule has 2 N–H and O–H groups in total. The molecule has 0 radical (unpaired) electrons. The third kappa shape index (κ3) is 1.46. The van der Waals surface area contributed by atoms with Gasteiger partial charge in [0.05, 0.1) is 17.1 Å². The van der Waals surface area contributed by atoms with Crippen molar-refractivity contribution in [2.24, 2.45) is 0 Å². The predicted molar refractivity (Wildman–Crippen MR) is 53.7 cm³/mol. The van der Waals surface area contributed by atoms with Gasteiger partial charge in [-0.15, -0.1) is 0 Å². The van der Waals surface area contributed by atoms with Crippen LogP contribution in [0.4, 0.5) is 10.5 Å². The van der Waals surface area contributed by atoms with Crippen molar-refractivity contribution in [3.8, 4) is 0 Å². The number of nitrogens with zero attached hydrogens (tertiary/aromatic N) is 2. The van der Waals surface area contributed by atoms with Crippen LogP contribution in [0.15, 0.2) is 0 Å². The third-order valence-electron chi connectivity index (χ3n) is 2.32. The second kappa shape index (κ2) is 3.44. The number of rotatable bonds is 1. The molecule has 1 aliphatic rings. The maximum absolute atomic E-state index is 11.6. The van der Waals surface area contributed by atoms with E-state index in [1.54, 1.807) is 13.8 Å². The first kappa shape index (κ1) is 10.3. The number of H-pyrrole nitrogens is 1. The molecule has 84 valence electrons. The Morgan fingerprint density at radius 3 is 2.44 bits per heavy atom. The van der Waals surface area contributed by atoms with E-state index in [2.05, 4.69) is 15.5 Å². The molecule has 0 aliphatic carbocycles. The fourth-order valence-electron chi connectivity index (χ4n) is 1.65. The predicted octanol–water partition coefficient (Wildman–Crippen LogP) is -0.000560. The van der Waals surface area contributed by atoms with Gasteiger partial charge >= 0.3 is 6.03 Å². The largest absolute Gasteiger partial charge is 0.335 e. The fourth-order valence-corrected chi connectivity index (χ4v) is 1.65. The summed E-state index contributed by atoms with van der Waals surface area (Å²) in [4.78, 5) is 35.1. The molecule has 1 saturated heterocycles. The van der Waals surface area contributed by atoms with Crippen molar-refractivity contribution in [3.63, 3.8) is 0 Å². The van der Waals surface area contributed by atoms with Crippen LogP contribution in [0.3, 0.4) is 0 Å². The van der Waals surface area contributed by atoms with Crippen molar-refractivity contribution in [2.75, 3.05) is 4.90 Å². The second-order valence-corrected chi connectivity index (χ2v) is 3.54. The van der Waals surface area contributed by atoms with Crippen LogP contribution in [-0.2, 0) is 9.59 Å². The summed E-state index contributed by atoms with van der Waals surface area (Å²) in [6.45, 7) is 3.38.